The SMILES string of the molecule is Cc1ccc(OCc2nc(N)ccc2Cl)c([N+](=O)[O-])c1. The van der Waals surface area contributed by atoms with Crippen LogP contribution in [0.1, 0.15) is 11.3 Å². The molecule has 0 aliphatic carbocycles. The van der Waals surface area contributed by atoms with Crippen LogP contribution >= 0.6 is 11.6 Å². The number of aromatic nitrogens is 1. The average molecular weight is 294 g/mol. The number of nitro benzene ring substituents is 1. The van der Waals surface area contributed by atoms with Gasteiger partial charge in [-0.05, 0) is 30.7 Å². The number of nitro groups is 1. The minimum absolute atomic E-state index is 0.00771. The number of anilines is 1. The lowest BCUT2D eigenvalue weighted by atomic mass is 10.2. The van der Waals surface area contributed by atoms with Gasteiger partial charge in [0, 0.05) is 6.07 Å². The number of benzene rings is 1. The fourth-order valence-corrected chi connectivity index (χ4v) is 1.80. The van der Waals surface area contributed by atoms with Crippen molar-refractivity contribution in [3.63, 3.8) is 0 Å². The highest BCUT2D eigenvalue weighted by molar-refractivity contribution is 6.31. The standard InChI is InChI=1S/C13H12ClN3O3/c1-8-2-4-12(11(6-8)17(18)19)20-7-10-9(14)3-5-13(15)16-10/h2-6H,7H2,1H3,(H2,15,16). The summed E-state index contributed by atoms with van der Waals surface area (Å²) in [6.45, 7) is 1.78. The molecule has 2 N–H and O–H groups in total. The fourth-order valence-electron chi connectivity index (χ4n) is 1.64. The van der Waals surface area contributed by atoms with Gasteiger partial charge in [-0.3, -0.25) is 10.1 Å². The van der Waals surface area contributed by atoms with Crippen LogP contribution in [0.15, 0.2) is 30.3 Å². The van der Waals surface area contributed by atoms with E-state index in [9.17, 15) is 10.1 Å². The first-order chi connectivity index (χ1) is 9.47. The molecule has 0 saturated heterocycles. The molecule has 2 aromatic rings. The molecule has 2 rings (SSSR count). The third kappa shape index (κ3) is 3.16. The molecule has 0 aliphatic rings. The molecular weight excluding hydrogens is 282 g/mol. The van der Waals surface area contributed by atoms with Crippen molar-refractivity contribution in [1.82, 2.24) is 4.98 Å². The Labute approximate surface area is 120 Å². The maximum atomic E-state index is 11.0. The molecule has 0 bridgehead atoms. The number of aryl methyl sites for hydroxylation is 1. The minimum Gasteiger partial charge on any atom is -0.480 e. The molecule has 0 radical (unpaired) electrons. The van der Waals surface area contributed by atoms with Crippen molar-refractivity contribution in [2.24, 2.45) is 0 Å². The van der Waals surface area contributed by atoms with Crippen LogP contribution in [0.25, 0.3) is 0 Å². The van der Waals surface area contributed by atoms with Gasteiger partial charge in [-0.25, -0.2) is 4.98 Å². The summed E-state index contributed by atoms with van der Waals surface area (Å²) in [7, 11) is 0. The molecule has 1 heterocycles. The van der Waals surface area contributed by atoms with Crippen LogP contribution in [0.3, 0.4) is 0 Å². The third-order valence-corrected chi connectivity index (χ3v) is 2.96. The molecule has 6 nitrogen and oxygen atoms in total. The Balaban J connectivity index is 2.23. The summed E-state index contributed by atoms with van der Waals surface area (Å²) in [5.41, 5.74) is 6.68. The molecule has 7 heteroatoms. The highest BCUT2D eigenvalue weighted by atomic mass is 35.5. The van der Waals surface area contributed by atoms with E-state index in [4.69, 9.17) is 22.1 Å². The summed E-state index contributed by atoms with van der Waals surface area (Å²) in [6.07, 6.45) is 0. The van der Waals surface area contributed by atoms with Gasteiger partial charge in [0.05, 0.1) is 15.6 Å². The summed E-state index contributed by atoms with van der Waals surface area (Å²) >= 11 is 5.96. The van der Waals surface area contributed by atoms with Crippen molar-refractivity contribution in [3.05, 3.63) is 56.7 Å². The number of nitrogens with zero attached hydrogens (tertiary/aromatic N) is 2. The zero-order chi connectivity index (χ0) is 14.7. The topological polar surface area (TPSA) is 91.3 Å². The lowest BCUT2D eigenvalue weighted by molar-refractivity contribution is -0.386. The van der Waals surface area contributed by atoms with Gasteiger partial charge in [0.15, 0.2) is 5.75 Å². The van der Waals surface area contributed by atoms with Gasteiger partial charge in [-0.2, -0.15) is 0 Å². The van der Waals surface area contributed by atoms with Crippen molar-refractivity contribution >= 4 is 23.1 Å². The Morgan fingerprint density at radius 3 is 2.85 bits per heavy atom. The van der Waals surface area contributed by atoms with Crippen LogP contribution in [0.5, 0.6) is 5.75 Å². The number of hydrogen-bond acceptors (Lipinski definition) is 5. The normalized spacial score (nSPS) is 10.3. The van der Waals surface area contributed by atoms with Gasteiger partial charge in [-0.15, -0.1) is 0 Å². The van der Waals surface area contributed by atoms with Gasteiger partial charge < -0.3 is 10.5 Å². The average Bonchev–Trinajstić information content (AvgIpc) is 2.40. The van der Waals surface area contributed by atoms with Gasteiger partial charge in [0.1, 0.15) is 12.4 Å². The van der Waals surface area contributed by atoms with Crippen molar-refractivity contribution in [3.8, 4) is 5.75 Å². The lowest BCUT2D eigenvalue weighted by Crippen LogP contribution is -2.03. The van der Waals surface area contributed by atoms with Crippen LogP contribution in [-0.2, 0) is 6.61 Å². The molecule has 0 amide bonds. The highest BCUT2D eigenvalue weighted by Crippen LogP contribution is 2.29. The van der Waals surface area contributed by atoms with Crippen LogP contribution < -0.4 is 10.5 Å². The maximum absolute atomic E-state index is 11.0. The Hall–Kier alpha value is -2.34. The number of pyridine rings is 1. The van der Waals surface area contributed by atoms with E-state index >= 15 is 0 Å². The van der Waals surface area contributed by atoms with E-state index in [0.29, 0.717) is 16.5 Å². The molecule has 20 heavy (non-hydrogen) atoms. The summed E-state index contributed by atoms with van der Waals surface area (Å²) in [5.74, 6) is 0.479. The second kappa shape index (κ2) is 5.75. The van der Waals surface area contributed by atoms with E-state index in [1.165, 1.54) is 6.07 Å². The quantitative estimate of drug-likeness (QED) is 0.691. The zero-order valence-corrected chi connectivity index (χ0v) is 11.4. The van der Waals surface area contributed by atoms with Gasteiger partial charge in [0.25, 0.3) is 0 Å². The number of nitrogen functional groups attached to an aromatic ring is 1. The van der Waals surface area contributed by atoms with E-state index in [1.807, 2.05) is 0 Å². The van der Waals surface area contributed by atoms with E-state index in [-0.39, 0.29) is 18.0 Å². The molecule has 0 unspecified atom stereocenters. The van der Waals surface area contributed by atoms with Gasteiger partial charge in [0.2, 0.25) is 0 Å². The van der Waals surface area contributed by atoms with E-state index in [0.717, 1.165) is 5.56 Å². The third-order valence-electron chi connectivity index (χ3n) is 2.62. The number of ether oxygens (including phenoxy) is 1. The minimum atomic E-state index is -0.489. The number of nitrogens with two attached hydrogens (primary N) is 1. The van der Waals surface area contributed by atoms with E-state index in [2.05, 4.69) is 4.98 Å². The number of hydrogen-bond donors (Lipinski definition) is 1. The summed E-state index contributed by atoms with van der Waals surface area (Å²) in [4.78, 5) is 14.5. The van der Waals surface area contributed by atoms with E-state index in [1.54, 1.807) is 31.2 Å². The smallest absolute Gasteiger partial charge is 0.311 e. The molecular formula is C13H12ClN3O3. The first-order valence-corrected chi connectivity index (χ1v) is 6.14. The molecule has 0 atom stereocenters. The van der Waals surface area contributed by atoms with Crippen molar-refractivity contribution in [2.45, 2.75) is 13.5 Å². The molecule has 1 aromatic heterocycles. The summed E-state index contributed by atoms with van der Waals surface area (Å²) < 4.78 is 5.43. The lowest BCUT2D eigenvalue weighted by Gasteiger charge is -2.08. The molecule has 104 valence electrons. The van der Waals surface area contributed by atoms with Crippen molar-refractivity contribution < 1.29 is 9.66 Å². The Morgan fingerprint density at radius 2 is 2.15 bits per heavy atom. The number of rotatable bonds is 4. The first kappa shape index (κ1) is 14.1. The maximum Gasteiger partial charge on any atom is 0.311 e. The summed E-state index contributed by atoms with van der Waals surface area (Å²) in [5, 5.41) is 11.4. The van der Waals surface area contributed by atoms with Crippen LogP contribution in [0, 0.1) is 17.0 Å². The summed E-state index contributed by atoms with van der Waals surface area (Å²) in [6, 6.07) is 7.90. The second-order valence-electron chi connectivity index (χ2n) is 4.18. The molecule has 0 aliphatic heterocycles. The zero-order valence-electron chi connectivity index (χ0n) is 10.7. The Morgan fingerprint density at radius 1 is 1.40 bits per heavy atom. The molecule has 1 aromatic carbocycles. The van der Waals surface area contributed by atoms with Crippen LogP contribution in [-0.4, -0.2) is 9.91 Å². The first-order valence-electron chi connectivity index (χ1n) is 5.76. The molecule has 0 saturated carbocycles. The van der Waals surface area contributed by atoms with Gasteiger partial charge in [-0.1, -0.05) is 17.7 Å². The second-order valence-corrected chi connectivity index (χ2v) is 4.59. The van der Waals surface area contributed by atoms with Crippen LogP contribution in [0.2, 0.25) is 5.02 Å². The number of halogens is 1. The van der Waals surface area contributed by atoms with Crippen molar-refractivity contribution in [2.75, 3.05) is 5.73 Å². The van der Waals surface area contributed by atoms with Crippen molar-refractivity contribution in [1.29, 1.82) is 0 Å². The van der Waals surface area contributed by atoms with E-state index < -0.39 is 4.92 Å². The molecule has 0 fully saturated rings. The highest BCUT2D eigenvalue weighted by Gasteiger charge is 2.16. The largest absolute Gasteiger partial charge is 0.480 e. The fraction of sp³-hybridized carbons (Fsp3) is 0.154. The predicted molar refractivity (Wildman–Crippen MR) is 75.8 cm³/mol. The Kier molecular flexibility index (Phi) is 4.05. The van der Waals surface area contributed by atoms with Crippen LogP contribution in [0.4, 0.5) is 11.5 Å². The molecule has 0 spiro atoms. The predicted octanol–water partition coefficient (Wildman–Crippen LogP) is 3.11. The Bertz CT molecular complexity index is 661. The van der Waals surface area contributed by atoms with Gasteiger partial charge >= 0.3 is 5.69 Å². The monoisotopic (exact) mass is 293 g/mol.